The van der Waals surface area contributed by atoms with Gasteiger partial charge < -0.3 is 10.4 Å². The molecule has 6 nitrogen and oxygen atoms in total. The lowest BCUT2D eigenvalue weighted by Crippen LogP contribution is -2.17. The van der Waals surface area contributed by atoms with E-state index in [4.69, 9.17) is 10.4 Å². The average molecular weight is 357 g/mol. The first-order valence-electron chi connectivity index (χ1n) is 6.53. The van der Waals surface area contributed by atoms with Crippen molar-refractivity contribution in [2.24, 2.45) is 0 Å². The molecule has 1 aromatic carbocycles. The van der Waals surface area contributed by atoms with E-state index in [-0.39, 0.29) is 29.2 Å². The van der Waals surface area contributed by atoms with Crippen LogP contribution in [-0.4, -0.2) is 15.0 Å². The summed E-state index contributed by atoms with van der Waals surface area (Å²) in [7, 11) is 0. The van der Waals surface area contributed by atoms with Crippen LogP contribution in [0, 0.1) is 11.3 Å². The van der Waals surface area contributed by atoms with E-state index in [1.54, 1.807) is 6.07 Å². The van der Waals surface area contributed by atoms with Crippen LogP contribution in [0.1, 0.15) is 17.5 Å². The standard InChI is InChI=1S/C14H10F3N3O3S/c15-14(16,17)9-3-1-2-4-10(9)19-12-8(7-18)13(23)20(24-12)6-5-11(21)22/h1-4,19H,5-6H2,(H,21,22). The number of alkyl halides is 3. The maximum atomic E-state index is 13.0. The first kappa shape index (κ1) is 17.6. The summed E-state index contributed by atoms with van der Waals surface area (Å²) in [4.78, 5) is 22.6. The number of carbonyl (C=O) groups is 1. The number of nitrogens with zero attached hydrogens (tertiary/aromatic N) is 2. The molecule has 126 valence electrons. The van der Waals surface area contributed by atoms with Crippen molar-refractivity contribution < 1.29 is 23.1 Å². The van der Waals surface area contributed by atoms with Gasteiger partial charge >= 0.3 is 12.1 Å². The predicted octanol–water partition coefficient (Wildman–Crippen LogP) is 3.02. The summed E-state index contributed by atoms with van der Waals surface area (Å²) >= 11 is 0.707. The number of nitrogens with one attached hydrogen (secondary N) is 1. The number of hydrogen-bond acceptors (Lipinski definition) is 5. The Bertz CT molecular complexity index is 865. The smallest absolute Gasteiger partial charge is 0.418 e. The van der Waals surface area contributed by atoms with Crippen LogP contribution >= 0.6 is 11.5 Å². The number of hydrogen-bond donors (Lipinski definition) is 2. The maximum Gasteiger partial charge on any atom is 0.418 e. The van der Waals surface area contributed by atoms with Crippen molar-refractivity contribution in [2.45, 2.75) is 19.1 Å². The SMILES string of the molecule is N#Cc1c(Nc2ccccc2C(F)(F)F)sn(CCC(=O)O)c1=O. The second-order valence-corrected chi connectivity index (χ2v) is 5.66. The largest absolute Gasteiger partial charge is 0.481 e. The van der Waals surface area contributed by atoms with Gasteiger partial charge in [-0.15, -0.1) is 0 Å². The molecule has 0 unspecified atom stereocenters. The lowest BCUT2D eigenvalue weighted by molar-refractivity contribution is -0.138. The topological polar surface area (TPSA) is 95.1 Å². The van der Waals surface area contributed by atoms with Crippen molar-refractivity contribution in [3.63, 3.8) is 0 Å². The maximum absolute atomic E-state index is 13.0. The van der Waals surface area contributed by atoms with E-state index in [9.17, 15) is 22.8 Å². The molecule has 0 amide bonds. The molecule has 1 heterocycles. The van der Waals surface area contributed by atoms with Gasteiger partial charge in [-0.2, -0.15) is 18.4 Å². The molecule has 2 N–H and O–H groups in total. The molecule has 0 aliphatic carbocycles. The number of aliphatic carboxylic acids is 1. The van der Waals surface area contributed by atoms with E-state index in [2.05, 4.69) is 5.32 Å². The Kier molecular flexibility index (Phi) is 4.94. The molecule has 0 bridgehead atoms. The Morgan fingerprint density at radius 2 is 2.04 bits per heavy atom. The first-order chi connectivity index (χ1) is 11.2. The van der Waals surface area contributed by atoms with E-state index in [0.717, 1.165) is 10.0 Å². The number of rotatable bonds is 5. The summed E-state index contributed by atoms with van der Waals surface area (Å²) in [5.41, 5.74) is -2.34. The van der Waals surface area contributed by atoms with Crippen LogP contribution in [0.3, 0.4) is 0 Å². The quantitative estimate of drug-likeness (QED) is 0.858. The lowest BCUT2D eigenvalue weighted by atomic mass is 10.1. The van der Waals surface area contributed by atoms with E-state index in [0.29, 0.717) is 11.5 Å². The zero-order valence-electron chi connectivity index (χ0n) is 11.9. The average Bonchev–Trinajstić information content (AvgIpc) is 2.79. The van der Waals surface area contributed by atoms with Crippen LogP contribution in [0.5, 0.6) is 0 Å². The van der Waals surface area contributed by atoms with Gasteiger partial charge in [0.15, 0.2) is 5.56 Å². The van der Waals surface area contributed by atoms with Crippen molar-refractivity contribution >= 4 is 28.2 Å². The molecular formula is C14H10F3N3O3S. The van der Waals surface area contributed by atoms with Gasteiger partial charge in [0.2, 0.25) is 0 Å². The molecular weight excluding hydrogens is 347 g/mol. The van der Waals surface area contributed by atoms with Gasteiger partial charge in [0, 0.05) is 6.54 Å². The summed E-state index contributed by atoms with van der Waals surface area (Å²) in [6, 6.07) is 6.29. The summed E-state index contributed by atoms with van der Waals surface area (Å²) < 4.78 is 40.0. The Labute approximate surface area is 137 Å². The van der Waals surface area contributed by atoms with Gasteiger partial charge in [-0.05, 0) is 23.7 Å². The van der Waals surface area contributed by atoms with Crippen LogP contribution < -0.4 is 10.9 Å². The summed E-state index contributed by atoms with van der Waals surface area (Å²) in [5, 5.41) is 20.1. The second-order valence-electron chi connectivity index (χ2n) is 4.63. The molecule has 2 aromatic rings. The number of benzene rings is 1. The van der Waals surface area contributed by atoms with Crippen LogP contribution in [-0.2, 0) is 17.5 Å². The highest BCUT2D eigenvalue weighted by Gasteiger charge is 2.33. The molecule has 0 fully saturated rings. The summed E-state index contributed by atoms with van der Waals surface area (Å²) in [6.45, 7) is -0.171. The zero-order valence-corrected chi connectivity index (χ0v) is 12.7. The van der Waals surface area contributed by atoms with Crippen LogP contribution in [0.25, 0.3) is 0 Å². The minimum Gasteiger partial charge on any atom is -0.481 e. The highest BCUT2D eigenvalue weighted by Crippen LogP contribution is 2.36. The molecule has 0 atom stereocenters. The summed E-state index contributed by atoms with van der Waals surface area (Å²) in [5.74, 6) is -1.13. The van der Waals surface area contributed by atoms with Crippen LogP contribution in [0.2, 0.25) is 0 Å². The van der Waals surface area contributed by atoms with Gasteiger partial charge in [-0.25, -0.2) is 0 Å². The molecule has 2 rings (SSSR count). The Hall–Kier alpha value is -2.80. The van der Waals surface area contributed by atoms with Crippen molar-refractivity contribution in [2.75, 3.05) is 5.32 Å². The number of nitriles is 1. The van der Waals surface area contributed by atoms with Crippen LogP contribution in [0.4, 0.5) is 23.9 Å². The normalized spacial score (nSPS) is 11.1. The molecule has 24 heavy (non-hydrogen) atoms. The van der Waals surface area contributed by atoms with Gasteiger partial charge in [-0.3, -0.25) is 13.5 Å². The van der Waals surface area contributed by atoms with Crippen molar-refractivity contribution in [3.8, 4) is 6.07 Å². The fourth-order valence-corrected chi connectivity index (χ4v) is 2.87. The number of carboxylic acids is 1. The minimum absolute atomic E-state index is 0.0652. The van der Waals surface area contributed by atoms with Crippen molar-refractivity contribution in [3.05, 3.63) is 45.7 Å². The number of halogens is 3. The third kappa shape index (κ3) is 3.75. The van der Waals surface area contributed by atoms with Gasteiger partial charge in [-0.1, -0.05) is 12.1 Å². The van der Waals surface area contributed by atoms with Gasteiger partial charge in [0.25, 0.3) is 5.56 Å². The molecule has 0 aliphatic heterocycles. The van der Waals surface area contributed by atoms with Gasteiger partial charge in [0.1, 0.15) is 11.1 Å². The number of aryl methyl sites for hydroxylation is 1. The molecule has 10 heteroatoms. The van der Waals surface area contributed by atoms with E-state index >= 15 is 0 Å². The molecule has 0 aliphatic rings. The summed E-state index contributed by atoms with van der Waals surface area (Å²) in [6.07, 6.45) is -4.95. The first-order valence-corrected chi connectivity index (χ1v) is 7.30. The molecule has 0 spiro atoms. The fourth-order valence-electron chi connectivity index (χ4n) is 1.91. The zero-order chi connectivity index (χ0) is 17.9. The minimum atomic E-state index is -4.60. The predicted molar refractivity (Wildman–Crippen MR) is 80.3 cm³/mol. The third-order valence-electron chi connectivity index (χ3n) is 2.99. The Balaban J connectivity index is 2.41. The highest BCUT2D eigenvalue weighted by atomic mass is 32.1. The lowest BCUT2D eigenvalue weighted by Gasteiger charge is -2.13. The van der Waals surface area contributed by atoms with Gasteiger partial charge in [0.05, 0.1) is 17.7 Å². The number of carboxylic acid groups (broad SMARTS) is 1. The number of aromatic nitrogens is 1. The molecule has 1 aromatic heterocycles. The number of para-hydroxylation sites is 1. The van der Waals surface area contributed by atoms with E-state index < -0.39 is 23.3 Å². The molecule has 0 radical (unpaired) electrons. The molecule has 0 saturated carbocycles. The third-order valence-corrected chi connectivity index (χ3v) is 4.05. The second kappa shape index (κ2) is 6.76. The Morgan fingerprint density at radius 3 is 2.62 bits per heavy atom. The molecule has 0 saturated heterocycles. The van der Waals surface area contributed by atoms with E-state index in [1.165, 1.54) is 18.2 Å². The van der Waals surface area contributed by atoms with E-state index in [1.807, 2.05) is 0 Å². The van der Waals surface area contributed by atoms with Crippen molar-refractivity contribution in [1.29, 1.82) is 5.26 Å². The number of anilines is 2. The van der Waals surface area contributed by atoms with Crippen molar-refractivity contribution in [1.82, 2.24) is 3.96 Å². The monoisotopic (exact) mass is 357 g/mol. The van der Waals surface area contributed by atoms with Crippen LogP contribution in [0.15, 0.2) is 29.1 Å². The highest BCUT2D eigenvalue weighted by molar-refractivity contribution is 7.11. The Morgan fingerprint density at radius 1 is 1.38 bits per heavy atom. The fraction of sp³-hybridized carbons (Fsp3) is 0.214.